The molecule has 0 aliphatic rings. The largest absolute Gasteiger partial charge is 0.475 e. The van der Waals surface area contributed by atoms with Crippen LogP contribution in [-0.2, 0) is 17.8 Å². The molecule has 3 N–H and O–H groups in total. The lowest BCUT2D eigenvalue weighted by Crippen LogP contribution is -2.48. The van der Waals surface area contributed by atoms with Crippen LogP contribution in [0, 0.1) is 0 Å². The van der Waals surface area contributed by atoms with Crippen LogP contribution in [0.2, 0.25) is 0 Å². The maximum absolute atomic E-state index is 12.4. The molecule has 0 bridgehead atoms. The van der Waals surface area contributed by atoms with Gasteiger partial charge in [-0.1, -0.05) is 30.3 Å². The van der Waals surface area contributed by atoms with Crippen molar-refractivity contribution in [1.82, 2.24) is 14.9 Å². The number of carbonyl (C=O) groups excluding carboxylic acids is 1. The lowest BCUT2D eigenvalue weighted by atomic mass is 9.76. The van der Waals surface area contributed by atoms with Gasteiger partial charge < -0.3 is 24.3 Å². The summed E-state index contributed by atoms with van der Waals surface area (Å²) in [7, 11) is -1.67. The number of carbonyl (C=O) groups is 1. The van der Waals surface area contributed by atoms with Gasteiger partial charge in [-0.15, -0.1) is 0 Å². The van der Waals surface area contributed by atoms with Gasteiger partial charge in [0, 0.05) is 18.4 Å². The van der Waals surface area contributed by atoms with Crippen LogP contribution in [0.15, 0.2) is 65.5 Å². The Morgan fingerprint density at radius 1 is 1.18 bits per heavy atom. The van der Waals surface area contributed by atoms with Crippen molar-refractivity contribution in [1.29, 1.82) is 0 Å². The molecule has 0 aliphatic heterocycles. The molecule has 1 amide bonds. The van der Waals surface area contributed by atoms with Gasteiger partial charge in [-0.25, -0.2) is 4.98 Å². The van der Waals surface area contributed by atoms with E-state index in [1.54, 1.807) is 12.6 Å². The number of rotatable bonds is 7. The van der Waals surface area contributed by atoms with Gasteiger partial charge in [0.1, 0.15) is 5.58 Å². The third-order valence-corrected chi connectivity index (χ3v) is 4.81. The smallest absolute Gasteiger partial charge is 0.464 e. The first-order valence-electron chi connectivity index (χ1n) is 9.12. The number of aromatic nitrogens is 2. The van der Waals surface area contributed by atoms with Gasteiger partial charge in [0.15, 0.2) is 0 Å². The first kappa shape index (κ1) is 18.3. The zero-order valence-corrected chi connectivity index (χ0v) is 15.2. The molecule has 0 aliphatic carbocycles. The second-order valence-electron chi connectivity index (χ2n) is 6.73. The lowest BCUT2D eigenvalue weighted by molar-refractivity contribution is -0.121. The van der Waals surface area contributed by atoms with E-state index in [4.69, 9.17) is 4.42 Å². The first-order valence-corrected chi connectivity index (χ1v) is 9.12. The van der Waals surface area contributed by atoms with Crippen molar-refractivity contribution in [3.63, 3.8) is 0 Å². The summed E-state index contributed by atoms with van der Waals surface area (Å²) in [6.07, 6.45) is 3.75. The van der Waals surface area contributed by atoms with E-state index >= 15 is 0 Å². The fourth-order valence-corrected chi connectivity index (χ4v) is 3.35. The molecule has 2 aromatic heterocycles. The number of hydrogen-bond donors (Lipinski definition) is 3. The molecule has 0 fully saturated rings. The van der Waals surface area contributed by atoms with Gasteiger partial charge >= 0.3 is 7.12 Å². The van der Waals surface area contributed by atoms with Gasteiger partial charge in [0.2, 0.25) is 5.91 Å². The Morgan fingerprint density at radius 2 is 1.96 bits per heavy atom. The Morgan fingerprint density at radius 3 is 2.82 bits per heavy atom. The van der Waals surface area contributed by atoms with E-state index in [-0.39, 0.29) is 18.7 Å². The Balaban J connectivity index is 1.41. The topological polar surface area (TPSA) is 101 Å². The summed E-state index contributed by atoms with van der Waals surface area (Å²) in [4.78, 5) is 16.7. The van der Waals surface area contributed by atoms with Crippen LogP contribution in [0.4, 0.5) is 0 Å². The average Bonchev–Trinajstić information content (AvgIpc) is 3.30. The van der Waals surface area contributed by atoms with Crippen LogP contribution in [0.5, 0.6) is 0 Å². The summed E-state index contributed by atoms with van der Waals surface area (Å²) >= 11 is 0. The first-order chi connectivity index (χ1) is 13.6. The van der Waals surface area contributed by atoms with Crippen molar-refractivity contribution < 1.29 is 19.3 Å². The number of fused-ring (bicyclic) bond motifs is 2. The second-order valence-corrected chi connectivity index (χ2v) is 6.73. The molecule has 7 nitrogen and oxygen atoms in total. The number of hydrogen-bond acceptors (Lipinski definition) is 5. The molecule has 0 saturated heterocycles. The highest BCUT2D eigenvalue weighted by Crippen LogP contribution is 2.22. The standard InChI is InChI=1S/C20H20BN3O4/c25-20(9-10-24-13-22-16-6-2-3-7-17(16)24)23-19(21(26)27)11-14-12-28-18-8-4-1-5-15(14)18/h1-8,12-13,19,26-27H,9-11H2,(H,23,25). The molecule has 0 spiro atoms. The molecule has 8 heteroatoms. The van der Waals surface area contributed by atoms with Crippen molar-refractivity contribution >= 4 is 35.0 Å². The van der Waals surface area contributed by atoms with E-state index < -0.39 is 13.1 Å². The minimum absolute atomic E-state index is 0.204. The predicted molar refractivity (Wildman–Crippen MR) is 106 cm³/mol. The second kappa shape index (κ2) is 7.88. The van der Waals surface area contributed by atoms with Gasteiger partial charge in [-0.3, -0.25) is 4.79 Å². The molecule has 0 radical (unpaired) electrons. The van der Waals surface area contributed by atoms with Gasteiger partial charge in [-0.05, 0) is 30.2 Å². The molecular formula is C20H20BN3O4. The highest BCUT2D eigenvalue weighted by Gasteiger charge is 2.26. The number of para-hydroxylation sites is 3. The van der Waals surface area contributed by atoms with Crippen molar-refractivity contribution in [2.24, 2.45) is 0 Å². The number of nitrogens with one attached hydrogen (secondary N) is 1. The summed E-state index contributed by atoms with van der Waals surface area (Å²) in [5.74, 6) is -1.09. The third kappa shape index (κ3) is 3.78. The maximum atomic E-state index is 12.4. The molecule has 1 unspecified atom stereocenters. The van der Waals surface area contributed by atoms with Crippen molar-refractivity contribution in [2.75, 3.05) is 0 Å². The van der Waals surface area contributed by atoms with E-state index in [1.165, 1.54) is 0 Å². The summed E-state index contributed by atoms with van der Waals surface area (Å²) in [5.41, 5.74) is 3.37. The number of nitrogens with zero attached hydrogens (tertiary/aromatic N) is 2. The Hall–Kier alpha value is -3.10. The molecule has 28 heavy (non-hydrogen) atoms. The monoisotopic (exact) mass is 377 g/mol. The van der Waals surface area contributed by atoms with Crippen LogP contribution in [0.25, 0.3) is 22.0 Å². The van der Waals surface area contributed by atoms with Crippen LogP contribution in [0.3, 0.4) is 0 Å². The van der Waals surface area contributed by atoms with Gasteiger partial charge in [0.25, 0.3) is 0 Å². The highest BCUT2D eigenvalue weighted by molar-refractivity contribution is 6.43. The minimum Gasteiger partial charge on any atom is -0.464 e. The fraction of sp³-hybridized carbons (Fsp3) is 0.200. The zero-order valence-electron chi connectivity index (χ0n) is 15.2. The van der Waals surface area contributed by atoms with E-state index in [2.05, 4.69) is 10.3 Å². The Bertz CT molecular complexity index is 1100. The summed E-state index contributed by atoms with van der Waals surface area (Å²) in [6, 6.07) is 15.2. The highest BCUT2D eigenvalue weighted by atomic mass is 16.4. The van der Waals surface area contributed by atoms with Crippen LogP contribution in [-0.4, -0.2) is 38.6 Å². The summed E-state index contributed by atoms with van der Waals surface area (Å²) in [6.45, 7) is 0.454. The number of benzene rings is 2. The molecule has 4 aromatic rings. The Kier molecular flexibility index (Phi) is 5.14. The van der Waals surface area contributed by atoms with Gasteiger partial charge in [-0.2, -0.15) is 0 Å². The quantitative estimate of drug-likeness (QED) is 0.427. The normalized spacial score (nSPS) is 12.4. The maximum Gasteiger partial charge on any atom is 0.475 e. The number of aryl methyl sites for hydroxylation is 1. The molecule has 2 aromatic carbocycles. The molecule has 142 valence electrons. The number of amides is 1. The zero-order chi connectivity index (χ0) is 19.5. The van der Waals surface area contributed by atoms with Gasteiger partial charge in [0.05, 0.1) is 29.6 Å². The van der Waals surface area contributed by atoms with Crippen LogP contribution in [0.1, 0.15) is 12.0 Å². The number of imidazole rings is 1. The SMILES string of the molecule is O=C(CCn1cnc2ccccc21)NC(Cc1coc2ccccc12)B(O)O. The van der Waals surface area contributed by atoms with Crippen molar-refractivity contribution in [3.8, 4) is 0 Å². The lowest BCUT2D eigenvalue weighted by Gasteiger charge is -2.17. The predicted octanol–water partition coefficient (Wildman–Crippen LogP) is 1.91. The molecular weight excluding hydrogens is 357 g/mol. The van der Waals surface area contributed by atoms with E-state index in [0.717, 1.165) is 27.6 Å². The van der Waals surface area contributed by atoms with Crippen LogP contribution < -0.4 is 5.32 Å². The number of furan rings is 1. The Labute approximate surface area is 161 Å². The molecule has 1 atom stereocenters. The summed E-state index contributed by atoms with van der Waals surface area (Å²) in [5, 5.41) is 23.1. The molecule has 4 rings (SSSR count). The molecule has 0 saturated carbocycles. The fourth-order valence-electron chi connectivity index (χ4n) is 3.35. The minimum atomic E-state index is -1.67. The average molecular weight is 377 g/mol. The summed E-state index contributed by atoms with van der Waals surface area (Å²) < 4.78 is 7.39. The van der Waals surface area contributed by atoms with E-state index in [9.17, 15) is 14.8 Å². The van der Waals surface area contributed by atoms with Crippen molar-refractivity contribution in [2.45, 2.75) is 25.3 Å². The van der Waals surface area contributed by atoms with E-state index in [1.807, 2.05) is 53.1 Å². The third-order valence-electron chi connectivity index (χ3n) is 4.81. The van der Waals surface area contributed by atoms with Crippen LogP contribution >= 0.6 is 0 Å². The van der Waals surface area contributed by atoms with E-state index in [0.29, 0.717) is 6.54 Å². The molecule has 2 heterocycles. The van der Waals surface area contributed by atoms with Crippen molar-refractivity contribution in [3.05, 3.63) is 66.7 Å².